The molecule has 0 spiro atoms. The molecule has 1 aliphatic heterocycles. The average molecular weight is 374 g/mol. The van der Waals surface area contributed by atoms with Gasteiger partial charge in [0.05, 0.1) is 24.6 Å². The second-order valence-electron chi connectivity index (χ2n) is 6.67. The van der Waals surface area contributed by atoms with E-state index in [9.17, 15) is 9.90 Å². The van der Waals surface area contributed by atoms with E-state index < -0.39 is 5.97 Å². The molecule has 0 bridgehead atoms. The lowest BCUT2D eigenvalue weighted by Gasteiger charge is -2.09. The highest BCUT2D eigenvalue weighted by atomic mass is 16.5. The van der Waals surface area contributed by atoms with Crippen molar-refractivity contribution in [3.05, 3.63) is 76.6 Å². The first-order chi connectivity index (χ1) is 13.7. The molecule has 0 saturated heterocycles. The Morgan fingerprint density at radius 3 is 2.71 bits per heavy atom. The Balaban J connectivity index is 1.80. The molecule has 1 aliphatic rings. The Morgan fingerprint density at radius 1 is 1.18 bits per heavy atom. The van der Waals surface area contributed by atoms with Gasteiger partial charge in [-0.05, 0) is 23.6 Å². The maximum atomic E-state index is 11.9. The van der Waals surface area contributed by atoms with E-state index in [-0.39, 0.29) is 5.75 Å². The molecule has 1 N–H and O–H groups in total. The first-order valence-corrected chi connectivity index (χ1v) is 9.45. The van der Waals surface area contributed by atoms with Crippen LogP contribution < -0.4 is 10.8 Å². The molecule has 0 amide bonds. The number of aromatic nitrogens is 1. The minimum Gasteiger partial charge on any atom is -0.505 e. The lowest BCUT2D eigenvalue weighted by Crippen LogP contribution is -2.25. The molecule has 0 radical (unpaired) electrons. The van der Waals surface area contributed by atoms with Crippen LogP contribution in [0.5, 0.6) is 5.75 Å². The summed E-state index contributed by atoms with van der Waals surface area (Å²) in [5, 5.41) is 11.3. The number of hydrogen-bond acceptors (Lipinski definition) is 4. The van der Waals surface area contributed by atoms with Crippen molar-refractivity contribution in [2.24, 2.45) is 4.99 Å². The Morgan fingerprint density at radius 2 is 1.93 bits per heavy atom. The minimum absolute atomic E-state index is 0.106. The SMILES string of the molecule is CCOC(=O)C=c1c(O)c(Cc2ccccc2-c2ccccc2)c2n1CCN=2. The summed E-state index contributed by atoms with van der Waals surface area (Å²) in [5.41, 5.74) is 4.84. The second-order valence-corrected chi connectivity index (χ2v) is 6.67. The number of aromatic hydroxyl groups is 1. The van der Waals surface area contributed by atoms with Gasteiger partial charge in [-0.2, -0.15) is 0 Å². The van der Waals surface area contributed by atoms with E-state index in [0.29, 0.717) is 31.5 Å². The van der Waals surface area contributed by atoms with Crippen LogP contribution in [-0.4, -0.2) is 28.8 Å². The zero-order valence-corrected chi connectivity index (χ0v) is 15.8. The van der Waals surface area contributed by atoms with Crippen LogP contribution in [-0.2, 0) is 22.5 Å². The second kappa shape index (κ2) is 7.72. The Hall–Kier alpha value is -3.34. The van der Waals surface area contributed by atoms with Crippen molar-refractivity contribution in [2.75, 3.05) is 13.2 Å². The van der Waals surface area contributed by atoms with Crippen LogP contribution in [0.3, 0.4) is 0 Å². The summed E-state index contributed by atoms with van der Waals surface area (Å²) in [7, 11) is 0. The smallest absolute Gasteiger partial charge is 0.332 e. The van der Waals surface area contributed by atoms with Crippen LogP contribution >= 0.6 is 0 Å². The van der Waals surface area contributed by atoms with E-state index in [1.807, 2.05) is 34.9 Å². The van der Waals surface area contributed by atoms with E-state index >= 15 is 0 Å². The van der Waals surface area contributed by atoms with Crippen LogP contribution in [0.2, 0.25) is 0 Å². The zero-order valence-electron chi connectivity index (χ0n) is 15.8. The summed E-state index contributed by atoms with van der Waals surface area (Å²) in [6.45, 7) is 3.35. The molecule has 2 aromatic carbocycles. The van der Waals surface area contributed by atoms with Gasteiger partial charge in [0.15, 0.2) is 0 Å². The zero-order chi connectivity index (χ0) is 19.5. The largest absolute Gasteiger partial charge is 0.505 e. The summed E-state index contributed by atoms with van der Waals surface area (Å²) in [5.74, 6) is -0.351. The van der Waals surface area contributed by atoms with Crippen molar-refractivity contribution in [3.63, 3.8) is 0 Å². The third-order valence-corrected chi connectivity index (χ3v) is 4.94. The summed E-state index contributed by atoms with van der Waals surface area (Å²) < 4.78 is 6.91. The topological polar surface area (TPSA) is 63.8 Å². The molecular formula is C23H22N2O3. The molecule has 0 unspecified atom stereocenters. The highest BCUT2D eigenvalue weighted by molar-refractivity contribution is 6.00. The number of nitrogens with zero attached hydrogens (tertiary/aromatic N) is 2. The van der Waals surface area contributed by atoms with Crippen molar-refractivity contribution < 1.29 is 14.6 Å². The Kier molecular flexibility index (Phi) is 4.98. The third-order valence-electron chi connectivity index (χ3n) is 4.94. The maximum Gasteiger partial charge on any atom is 0.332 e. The van der Waals surface area contributed by atoms with Gasteiger partial charge in [-0.15, -0.1) is 0 Å². The standard InChI is InChI=1S/C23H22N2O3/c1-2-28-21(26)15-20-22(27)19(23-24-12-13-25(20)23)14-17-10-6-7-11-18(17)16-8-4-3-5-9-16/h3-11,15,27H,2,12-14H2,1H3. The molecule has 5 nitrogen and oxygen atoms in total. The molecule has 0 fully saturated rings. The van der Waals surface area contributed by atoms with Crippen molar-refractivity contribution >= 4 is 12.0 Å². The number of esters is 1. The fourth-order valence-corrected chi connectivity index (χ4v) is 3.70. The minimum atomic E-state index is -0.457. The first kappa shape index (κ1) is 18.0. The number of hydrogen-bond donors (Lipinski definition) is 1. The van der Waals surface area contributed by atoms with Gasteiger partial charge in [-0.3, -0.25) is 4.99 Å². The molecule has 0 aliphatic carbocycles. The monoisotopic (exact) mass is 374 g/mol. The molecular weight excluding hydrogens is 352 g/mol. The Bertz CT molecular complexity index is 1130. The van der Waals surface area contributed by atoms with Crippen LogP contribution in [0.25, 0.3) is 17.2 Å². The summed E-state index contributed by atoms with van der Waals surface area (Å²) in [4.78, 5) is 16.5. The quantitative estimate of drug-likeness (QED) is 0.698. The van der Waals surface area contributed by atoms with Crippen molar-refractivity contribution in [3.8, 4) is 16.9 Å². The third kappa shape index (κ3) is 3.31. The number of carbonyl (C=O) groups is 1. The van der Waals surface area contributed by atoms with Crippen molar-refractivity contribution in [1.29, 1.82) is 0 Å². The number of ether oxygens (including phenoxy) is 1. The van der Waals surface area contributed by atoms with Gasteiger partial charge >= 0.3 is 5.97 Å². The fraction of sp³-hybridized carbons (Fsp3) is 0.217. The van der Waals surface area contributed by atoms with Crippen LogP contribution in [0.4, 0.5) is 0 Å². The Labute approximate surface area is 163 Å². The molecule has 1 aromatic heterocycles. The summed E-state index contributed by atoms with van der Waals surface area (Å²) in [6.07, 6.45) is 1.89. The van der Waals surface area contributed by atoms with Crippen molar-refractivity contribution in [2.45, 2.75) is 19.9 Å². The summed E-state index contributed by atoms with van der Waals surface area (Å²) >= 11 is 0. The van der Waals surface area contributed by atoms with E-state index in [4.69, 9.17) is 4.74 Å². The van der Waals surface area contributed by atoms with Crippen LogP contribution in [0.1, 0.15) is 18.1 Å². The first-order valence-electron chi connectivity index (χ1n) is 9.45. The van der Waals surface area contributed by atoms with Gasteiger partial charge in [0.1, 0.15) is 11.2 Å². The van der Waals surface area contributed by atoms with E-state index in [1.165, 1.54) is 6.08 Å². The van der Waals surface area contributed by atoms with E-state index in [1.54, 1.807) is 6.92 Å². The lowest BCUT2D eigenvalue weighted by atomic mass is 9.95. The summed E-state index contributed by atoms with van der Waals surface area (Å²) in [6, 6.07) is 18.3. The predicted octanol–water partition coefficient (Wildman–Crippen LogP) is 2.43. The molecule has 0 atom stereocenters. The molecule has 28 heavy (non-hydrogen) atoms. The van der Waals surface area contributed by atoms with Gasteiger partial charge < -0.3 is 14.4 Å². The predicted molar refractivity (Wildman–Crippen MR) is 108 cm³/mol. The van der Waals surface area contributed by atoms with E-state index in [0.717, 1.165) is 27.7 Å². The maximum absolute atomic E-state index is 11.9. The van der Waals surface area contributed by atoms with Gasteiger partial charge in [0.2, 0.25) is 0 Å². The number of carbonyl (C=O) groups excluding carboxylic acids is 1. The highest BCUT2D eigenvalue weighted by Gasteiger charge is 2.20. The number of benzene rings is 2. The molecule has 3 aromatic rings. The average Bonchev–Trinajstić information content (AvgIpc) is 3.28. The van der Waals surface area contributed by atoms with Gasteiger partial charge in [0, 0.05) is 18.5 Å². The highest BCUT2D eigenvalue weighted by Crippen LogP contribution is 2.26. The van der Waals surface area contributed by atoms with Crippen LogP contribution in [0.15, 0.2) is 59.6 Å². The molecule has 4 rings (SSSR count). The molecule has 5 heteroatoms. The molecule has 2 heterocycles. The molecule has 142 valence electrons. The fourth-order valence-electron chi connectivity index (χ4n) is 3.70. The van der Waals surface area contributed by atoms with Crippen LogP contribution in [0, 0.1) is 0 Å². The van der Waals surface area contributed by atoms with Crippen molar-refractivity contribution in [1.82, 2.24) is 4.57 Å². The normalized spacial score (nSPS) is 13.2. The van der Waals surface area contributed by atoms with Gasteiger partial charge in [-0.25, -0.2) is 4.79 Å². The number of rotatable bonds is 5. The number of fused-ring (bicyclic) bond motifs is 1. The van der Waals surface area contributed by atoms with E-state index in [2.05, 4.69) is 29.3 Å². The lowest BCUT2D eigenvalue weighted by molar-refractivity contribution is -0.135. The van der Waals surface area contributed by atoms with Gasteiger partial charge in [0.25, 0.3) is 0 Å². The van der Waals surface area contributed by atoms with Gasteiger partial charge in [-0.1, -0.05) is 54.6 Å². The molecule has 0 saturated carbocycles.